The molecule has 1 heterocycles. The predicted molar refractivity (Wildman–Crippen MR) is 68.2 cm³/mol. The van der Waals surface area contributed by atoms with Gasteiger partial charge in [-0.05, 0) is 24.1 Å². The third-order valence-electron chi connectivity index (χ3n) is 2.49. The number of hydrogen-bond acceptors (Lipinski definition) is 4. The van der Waals surface area contributed by atoms with Crippen LogP contribution in [0.15, 0.2) is 30.5 Å². The van der Waals surface area contributed by atoms with Gasteiger partial charge in [0.2, 0.25) is 5.88 Å². The fourth-order valence-electron chi connectivity index (χ4n) is 1.71. The topological polar surface area (TPSA) is 77.2 Å². The van der Waals surface area contributed by atoms with E-state index in [0.29, 0.717) is 17.2 Å². The minimum absolute atomic E-state index is 0.0241. The molecule has 6 nitrogen and oxygen atoms in total. The summed E-state index contributed by atoms with van der Waals surface area (Å²) in [5.41, 5.74) is 0.694. The Labute approximate surface area is 110 Å². The van der Waals surface area contributed by atoms with Crippen molar-refractivity contribution in [3.05, 3.63) is 36.0 Å². The molecule has 6 heteroatoms. The smallest absolute Gasteiger partial charge is 0.307 e. The van der Waals surface area contributed by atoms with Crippen LogP contribution in [0.4, 0.5) is 0 Å². The molecule has 100 valence electrons. The highest BCUT2D eigenvalue weighted by molar-refractivity contribution is 5.70. The second-order valence-electron chi connectivity index (χ2n) is 4.12. The van der Waals surface area contributed by atoms with Gasteiger partial charge in [0.15, 0.2) is 0 Å². The Morgan fingerprint density at radius 1 is 1.47 bits per heavy atom. The van der Waals surface area contributed by atoms with Crippen molar-refractivity contribution in [2.45, 2.75) is 26.3 Å². The van der Waals surface area contributed by atoms with Gasteiger partial charge in [-0.2, -0.15) is 0 Å². The van der Waals surface area contributed by atoms with Crippen molar-refractivity contribution in [3.8, 4) is 11.6 Å². The number of carboxylic acid groups (broad SMARTS) is 1. The van der Waals surface area contributed by atoms with Crippen molar-refractivity contribution >= 4 is 5.97 Å². The van der Waals surface area contributed by atoms with Gasteiger partial charge in [0.05, 0.1) is 6.42 Å². The molecule has 0 aliphatic rings. The Hall–Kier alpha value is -2.37. The van der Waals surface area contributed by atoms with Crippen molar-refractivity contribution in [3.63, 3.8) is 0 Å². The standard InChI is InChI=1S/C13H15N3O3/c1-2-6-16-12(9-14-15-16)19-11-5-3-4-10(7-11)8-13(17)18/h3-5,7,9H,2,6,8H2,1H3,(H,17,18). The maximum absolute atomic E-state index is 10.7. The molecule has 0 saturated carbocycles. The van der Waals surface area contributed by atoms with Crippen LogP contribution in [0.5, 0.6) is 11.6 Å². The Morgan fingerprint density at radius 2 is 2.32 bits per heavy atom. The van der Waals surface area contributed by atoms with Gasteiger partial charge in [0, 0.05) is 6.54 Å². The van der Waals surface area contributed by atoms with Gasteiger partial charge in [-0.1, -0.05) is 24.3 Å². The van der Waals surface area contributed by atoms with Crippen molar-refractivity contribution in [1.82, 2.24) is 15.0 Å². The number of aromatic nitrogens is 3. The molecule has 2 rings (SSSR count). The van der Waals surface area contributed by atoms with Gasteiger partial charge >= 0.3 is 5.97 Å². The number of aryl methyl sites for hydroxylation is 1. The largest absolute Gasteiger partial charge is 0.481 e. The Kier molecular flexibility index (Phi) is 4.12. The van der Waals surface area contributed by atoms with Crippen LogP contribution in [0.25, 0.3) is 0 Å². The third kappa shape index (κ3) is 3.54. The van der Waals surface area contributed by atoms with E-state index < -0.39 is 5.97 Å². The van der Waals surface area contributed by atoms with Crippen LogP contribution in [-0.2, 0) is 17.8 Å². The van der Waals surface area contributed by atoms with E-state index in [1.807, 2.05) is 6.92 Å². The number of rotatable bonds is 6. The number of ether oxygens (including phenoxy) is 1. The van der Waals surface area contributed by atoms with E-state index >= 15 is 0 Å². The van der Waals surface area contributed by atoms with E-state index in [-0.39, 0.29) is 6.42 Å². The fourth-order valence-corrected chi connectivity index (χ4v) is 1.71. The van der Waals surface area contributed by atoms with Gasteiger partial charge < -0.3 is 9.84 Å². The number of aliphatic carboxylic acids is 1. The summed E-state index contributed by atoms with van der Waals surface area (Å²) in [6.07, 6.45) is 2.45. The van der Waals surface area contributed by atoms with Crippen LogP contribution in [0.3, 0.4) is 0 Å². The number of hydrogen-bond donors (Lipinski definition) is 1. The molecule has 0 amide bonds. The molecule has 0 aliphatic heterocycles. The summed E-state index contributed by atoms with van der Waals surface area (Å²) in [5, 5.41) is 16.5. The summed E-state index contributed by atoms with van der Waals surface area (Å²) in [7, 11) is 0. The average Bonchev–Trinajstić information content (AvgIpc) is 2.77. The van der Waals surface area contributed by atoms with Gasteiger partial charge in [-0.15, -0.1) is 5.10 Å². The first-order chi connectivity index (χ1) is 9.19. The van der Waals surface area contributed by atoms with E-state index in [4.69, 9.17) is 9.84 Å². The van der Waals surface area contributed by atoms with Crippen molar-refractivity contribution in [2.75, 3.05) is 0 Å². The second-order valence-corrected chi connectivity index (χ2v) is 4.12. The lowest BCUT2D eigenvalue weighted by molar-refractivity contribution is -0.136. The average molecular weight is 261 g/mol. The molecule has 2 aromatic rings. The Bertz CT molecular complexity index is 566. The molecule has 1 aromatic heterocycles. The zero-order valence-electron chi connectivity index (χ0n) is 10.6. The molecular formula is C13H15N3O3. The van der Waals surface area contributed by atoms with Gasteiger partial charge in [0.25, 0.3) is 0 Å². The monoisotopic (exact) mass is 261 g/mol. The third-order valence-corrected chi connectivity index (χ3v) is 2.49. The predicted octanol–water partition coefficient (Wildman–Crippen LogP) is 2.11. The van der Waals surface area contributed by atoms with Crippen LogP contribution in [0.2, 0.25) is 0 Å². The molecular weight excluding hydrogens is 246 g/mol. The van der Waals surface area contributed by atoms with Crippen LogP contribution in [-0.4, -0.2) is 26.1 Å². The van der Waals surface area contributed by atoms with E-state index in [2.05, 4.69) is 10.3 Å². The SMILES string of the molecule is CCCn1nncc1Oc1cccc(CC(=O)O)c1. The highest BCUT2D eigenvalue weighted by atomic mass is 16.5. The number of benzene rings is 1. The van der Waals surface area contributed by atoms with E-state index in [9.17, 15) is 4.79 Å². The minimum atomic E-state index is -0.866. The molecule has 0 radical (unpaired) electrons. The van der Waals surface area contributed by atoms with Crippen molar-refractivity contribution in [1.29, 1.82) is 0 Å². The Balaban J connectivity index is 2.14. The maximum Gasteiger partial charge on any atom is 0.307 e. The molecule has 1 N–H and O–H groups in total. The first-order valence-corrected chi connectivity index (χ1v) is 6.06. The second kappa shape index (κ2) is 5.99. The molecule has 0 aliphatic carbocycles. The number of carbonyl (C=O) groups is 1. The van der Waals surface area contributed by atoms with E-state index in [0.717, 1.165) is 13.0 Å². The summed E-state index contributed by atoms with van der Waals surface area (Å²) in [4.78, 5) is 10.7. The van der Waals surface area contributed by atoms with Crippen LogP contribution in [0, 0.1) is 0 Å². The summed E-state index contributed by atoms with van der Waals surface area (Å²) >= 11 is 0. The van der Waals surface area contributed by atoms with E-state index in [1.165, 1.54) is 0 Å². The lowest BCUT2D eigenvalue weighted by Crippen LogP contribution is -2.02. The zero-order chi connectivity index (χ0) is 13.7. The summed E-state index contributed by atoms with van der Waals surface area (Å²) in [5.74, 6) is 0.266. The summed E-state index contributed by atoms with van der Waals surface area (Å²) in [6.45, 7) is 2.77. The summed E-state index contributed by atoms with van der Waals surface area (Å²) < 4.78 is 7.34. The fraction of sp³-hybridized carbons (Fsp3) is 0.308. The van der Waals surface area contributed by atoms with Crippen molar-refractivity contribution < 1.29 is 14.6 Å². The first-order valence-electron chi connectivity index (χ1n) is 6.06. The zero-order valence-corrected chi connectivity index (χ0v) is 10.6. The molecule has 0 atom stereocenters. The molecule has 0 saturated heterocycles. The van der Waals surface area contributed by atoms with Gasteiger partial charge in [0.1, 0.15) is 11.9 Å². The van der Waals surface area contributed by atoms with Crippen LogP contribution in [0.1, 0.15) is 18.9 Å². The highest BCUT2D eigenvalue weighted by Gasteiger charge is 2.07. The van der Waals surface area contributed by atoms with Crippen molar-refractivity contribution in [2.24, 2.45) is 0 Å². The molecule has 1 aromatic carbocycles. The van der Waals surface area contributed by atoms with Gasteiger partial charge in [-0.25, -0.2) is 4.68 Å². The molecule has 0 fully saturated rings. The quantitative estimate of drug-likeness (QED) is 0.861. The normalized spacial score (nSPS) is 10.4. The lowest BCUT2D eigenvalue weighted by Gasteiger charge is -2.07. The molecule has 0 bridgehead atoms. The molecule has 0 spiro atoms. The highest BCUT2D eigenvalue weighted by Crippen LogP contribution is 2.21. The van der Waals surface area contributed by atoms with E-state index in [1.54, 1.807) is 35.1 Å². The van der Waals surface area contributed by atoms with Gasteiger partial charge in [-0.3, -0.25) is 4.79 Å². The first kappa shape index (κ1) is 13.1. The Morgan fingerprint density at radius 3 is 3.05 bits per heavy atom. The van der Waals surface area contributed by atoms with Crippen LogP contribution >= 0.6 is 0 Å². The molecule has 0 unspecified atom stereocenters. The number of nitrogens with zero attached hydrogens (tertiary/aromatic N) is 3. The lowest BCUT2D eigenvalue weighted by atomic mass is 10.1. The minimum Gasteiger partial charge on any atom is -0.481 e. The number of carboxylic acids is 1. The van der Waals surface area contributed by atoms with Crippen LogP contribution < -0.4 is 4.74 Å². The molecule has 19 heavy (non-hydrogen) atoms. The maximum atomic E-state index is 10.7. The summed E-state index contributed by atoms with van der Waals surface area (Å²) in [6, 6.07) is 7.00.